The Bertz CT molecular complexity index is 960. The lowest BCUT2D eigenvalue weighted by Gasteiger charge is -2.44. The molecule has 0 N–H and O–H groups in total. The van der Waals surface area contributed by atoms with Crippen LogP contribution in [0.25, 0.3) is 0 Å². The van der Waals surface area contributed by atoms with E-state index in [1.807, 2.05) is 30.0 Å². The molecule has 0 atom stereocenters. The Labute approximate surface area is 170 Å². The monoisotopic (exact) mass is 395 g/mol. The Balaban J connectivity index is 1.48. The molecule has 6 nitrogen and oxygen atoms in total. The van der Waals surface area contributed by atoms with Gasteiger partial charge in [-0.2, -0.15) is 0 Å². The lowest BCUT2D eigenvalue weighted by molar-refractivity contribution is -0.00573. The number of amides is 1. The van der Waals surface area contributed by atoms with Crippen LogP contribution in [0.15, 0.2) is 36.4 Å². The average Bonchev–Trinajstić information content (AvgIpc) is 2.74. The van der Waals surface area contributed by atoms with Gasteiger partial charge in [0.15, 0.2) is 17.3 Å². The molecular formula is C23H25NO5. The fourth-order valence-electron chi connectivity index (χ4n) is 4.16. The van der Waals surface area contributed by atoms with Crippen LogP contribution in [0.4, 0.5) is 0 Å². The van der Waals surface area contributed by atoms with Gasteiger partial charge in [0.05, 0.1) is 26.2 Å². The number of aryl methyl sites for hydroxylation is 1. The molecule has 152 valence electrons. The summed E-state index contributed by atoms with van der Waals surface area (Å²) in [6, 6.07) is 10.9. The smallest absolute Gasteiger partial charge is 0.253 e. The Morgan fingerprint density at radius 3 is 2.45 bits per heavy atom. The van der Waals surface area contributed by atoms with E-state index in [1.165, 1.54) is 0 Å². The fraction of sp³-hybridized carbons (Fsp3) is 0.391. The molecule has 4 rings (SSSR count). The first kappa shape index (κ1) is 19.3. The van der Waals surface area contributed by atoms with E-state index in [-0.39, 0.29) is 11.7 Å². The molecule has 1 amide bonds. The number of hydrogen-bond donors (Lipinski definition) is 0. The van der Waals surface area contributed by atoms with Gasteiger partial charge in [0.1, 0.15) is 11.4 Å². The predicted molar refractivity (Wildman–Crippen MR) is 108 cm³/mol. The van der Waals surface area contributed by atoms with Crippen molar-refractivity contribution in [2.45, 2.75) is 31.8 Å². The van der Waals surface area contributed by atoms with Crippen LogP contribution in [0.5, 0.6) is 17.2 Å². The molecule has 0 unspecified atom stereocenters. The molecule has 6 heteroatoms. The summed E-state index contributed by atoms with van der Waals surface area (Å²) in [4.78, 5) is 27.5. The molecule has 0 radical (unpaired) electrons. The Kier molecular flexibility index (Phi) is 4.94. The van der Waals surface area contributed by atoms with Gasteiger partial charge >= 0.3 is 0 Å². The van der Waals surface area contributed by atoms with E-state index in [0.29, 0.717) is 60.7 Å². The van der Waals surface area contributed by atoms with E-state index in [0.717, 1.165) is 5.56 Å². The van der Waals surface area contributed by atoms with E-state index in [9.17, 15) is 9.59 Å². The quantitative estimate of drug-likeness (QED) is 0.794. The summed E-state index contributed by atoms with van der Waals surface area (Å²) in [6.07, 6.45) is 1.62. The number of rotatable bonds is 3. The first-order chi connectivity index (χ1) is 13.9. The molecule has 29 heavy (non-hydrogen) atoms. The standard InChI is InChI=1S/C23H25NO5/c1-15-4-6-19-17(12-15)18(25)14-23(29-19)8-10-24(11-9-23)22(26)16-5-7-20(27-2)21(13-16)28-3/h4-7,12-13H,8-11,14H2,1-3H3. The van der Waals surface area contributed by atoms with Gasteiger partial charge in [-0.25, -0.2) is 0 Å². The predicted octanol–water partition coefficient (Wildman–Crippen LogP) is 3.65. The zero-order chi connectivity index (χ0) is 20.6. The molecule has 2 aromatic rings. The maximum absolute atomic E-state index is 13.0. The van der Waals surface area contributed by atoms with Gasteiger partial charge in [0.25, 0.3) is 5.91 Å². The first-order valence-electron chi connectivity index (χ1n) is 9.79. The summed E-state index contributed by atoms with van der Waals surface area (Å²) in [5.41, 5.74) is 1.75. The fourth-order valence-corrected chi connectivity index (χ4v) is 4.16. The Morgan fingerprint density at radius 1 is 1.03 bits per heavy atom. The van der Waals surface area contributed by atoms with E-state index < -0.39 is 5.60 Å². The molecule has 1 fully saturated rings. The zero-order valence-corrected chi connectivity index (χ0v) is 17.0. The number of ether oxygens (including phenoxy) is 3. The SMILES string of the molecule is COc1ccc(C(=O)N2CCC3(CC2)CC(=O)c2cc(C)ccc2O3)cc1OC. The Morgan fingerprint density at radius 2 is 1.76 bits per heavy atom. The number of fused-ring (bicyclic) bond motifs is 1. The molecule has 2 aliphatic heterocycles. The minimum Gasteiger partial charge on any atom is -0.493 e. The molecule has 2 heterocycles. The van der Waals surface area contributed by atoms with Crippen molar-refractivity contribution in [2.24, 2.45) is 0 Å². The number of carbonyl (C=O) groups is 2. The molecule has 0 saturated carbocycles. The van der Waals surface area contributed by atoms with Crippen LogP contribution in [0.3, 0.4) is 0 Å². The molecule has 2 aromatic carbocycles. The van der Waals surface area contributed by atoms with Gasteiger partial charge < -0.3 is 19.1 Å². The van der Waals surface area contributed by atoms with E-state index in [1.54, 1.807) is 32.4 Å². The van der Waals surface area contributed by atoms with Gasteiger partial charge in [-0.05, 0) is 37.3 Å². The summed E-state index contributed by atoms with van der Waals surface area (Å²) in [6.45, 7) is 3.06. The summed E-state index contributed by atoms with van der Waals surface area (Å²) >= 11 is 0. The molecule has 0 aliphatic carbocycles. The minimum atomic E-state index is -0.520. The molecule has 1 spiro atoms. The van der Waals surface area contributed by atoms with Crippen molar-refractivity contribution in [3.05, 3.63) is 53.1 Å². The maximum atomic E-state index is 13.0. The highest BCUT2D eigenvalue weighted by Crippen LogP contribution is 2.40. The topological polar surface area (TPSA) is 65.1 Å². The number of ketones is 1. The third-order valence-corrected chi connectivity index (χ3v) is 5.84. The number of likely N-dealkylation sites (tertiary alicyclic amines) is 1. The summed E-state index contributed by atoms with van der Waals surface area (Å²) in [5, 5.41) is 0. The highest BCUT2D eigenvalue weighted by Gasteiger charge is 2.43. The lowest BCUT2D eigenvalue weighted by atomic mass is 9.82. The van der Waals surface area contributed by atoms with Crippen LogP contribution in [0, 0.1) is 6.92 Å². The number of methoxy groups -OCH3 is 2. The summed E-state index contributed by atoms with van der Waals surface area (Å²) in [7, 11) is 3.11. The number of carbonyl (C=O) groups excluding carboxylic acids is 2. The van der Waals surface area contributed by atoms with Crippen molar-refractivity contribution in [2.75, 3.05) is 27.3 Å². The van der Waals surface area contributed by atoms with Crippen LogP contribution in [-0.4, -0.2) is 49.5 Å². The van der Waals surface area contributed by atoms with Crippen molar-refractivity contribution in [1.82, 2.24) is 4.90 Å². The molecule has 1 saturated heterocycles. The third-order valence-electron chi connectivity index (χ3n) is 5.84. The van der Waals surface area contributed by atoms with Crippen molar-refractivity contribution < 1.29 is 23.8 Å². The summed E-state index contributed by atoms with van der Waals surface area (Å²) in [5.74, 6) is 1.84. The van der Waals surface area contributed by atoms with Gasteiger partial charge in [0, 0.05) is 31.5 Å². The second-order valence-electron chi connectivity index (χ2n) is 7.75. The van der Waals surface area contributed by atoms with Crippen molar-refractivity contribution in [1.29, 1.82) is 0 Å². The third kappa shape index (κ3) is 3.55. The van der Waals surface area contributed by atoms with Gasteiger partial charge in [-0.1, -0.05) is 11.6 Å². The van der Waals surface area contributed by atoms with Crippen LogP contribution < -0.4 is 14.2 Å². The number of Topliss-reactive ketones (excluding diaryl/α,β-unsaturated/α-hetero) is 1. The molecule has 2 aliphatic rings. The number of nitrogens with zero attached hydrogens (tertiary/aromatic N) is 1. The van der Waals surface area contributed by atoms with Crippen LogP contribution in [0.2, 0.25) is 0 Å². The Hall–Kier alpha value is -3.02. The van der Waals surface area contributed by atoms with Crippen molar-refractivity contribution in [3.63, 3.8) is 0 Å². The van der Waals surface area contributed by atoms with Crippen molar-refractivity contribution in [3.8, 4) is 17.2 Å². The van der Waals surface area contributed by atoms with E-state index in [4.69, 9.17) is 14.2 Å². The molecule has 0 aromatic heterocycles. The van der Waals surface area contributed by atoms with Gasteiger partial charge in [-0.15, -0.1) is 0 Å². The molecule has 0 bridgehead atoms. The average molecular weight is 395 g/mol. The van der Waals surface area contributed by atoms with Gasteiger partial charge in [-0.3, -0.25) is 9.59 Å². The number of hydrogen-bond acceptors (Lipinski definition) is 5. The summed E-state index contributed by atoms with van der Waals surface area (Å²) < 4.78 is 16.8. The first-order valence-corrected chi connectivity index (χ1v) is 9.79. The second kappa shape index (κ2) is 7.43. The van der Waals surface area contributed by atoms with Crippen LogP contribution in [0.1, 0.15) is 45.5 Å². The normalized spacial score (nSPS) is 17.5. The van der Waals surface area contributed by atoms with Crippen LogP contribution >= 0.6 is 0 Å². The van der Waals surface area contributed by atoms with Gasteiger partial charge in [0.2, 0.25) is 0 Å². The highest BCUT2D eigenvalue weighted by atomic mass is 16.5. The molecular weight excluding hydrogens is 370 g/mol. The highest BCUT2D eigenvalue weighted by molar-refractivity contribution is 6.00. The minimum absolute atomic E-state index is 0.0565. The largest absolute Gasteiger partial charge is 0.493 e. The maximum Gasteiger partial charge on any atom is 0.253 e. The van der Waals surface area contributed by atoms with E-state index in [2.05, 4.69) is 0 Å². The van der Waals surface area contributed by atoms with Crippen LogP contribution in [-0.2, 0) is 0 Å². The lowest BCUT2D eigenvalue weighted by Crippen LogP contribution is -2.52. The zero-order valence-electron chi connectivity index (χ0n) is 17.0. The second-order valence-corrected chi connectivity index (χ2v) is 7.75. The number of piperidine rings is 1. The number of benzene rings is 2. The van der Waals surface area contributed by atoms with E-state index >= 15 is 0 Å². The van der Waals surface area contributed by atoms with Crippen molar-refractivity contribution >= 4 is 11.7 Å².